The SMILES string of the molecule is Cc1ccc(N)c2nc(-c3ccc(-c4ccccc4)cc3)cn12. The van der Waals surface area contributed by atoms with E-state index in [1.807, 2.05) is 28.8 Å². The minimum Gasteiger partial charge on any atom is -0.396 e. The number of rotatable bonds is 2. The highest BCUT2D eigenvalue weighted by Crippen LogP contribution is 2.26. The van der Waals surface area contributed by atoms with E-state index in [1.165, 1.54) is 11.1 Å². The lowest BCUT2D eigenvalue weighted by Gasteiger charge is -2.02. The Kier molecular flexibility index (Phi) is 3.12. The van der Waals surface area contributed by atoms with Crippen LogP contribution in [0.15, 0.2) is 72.9 Å². The molecule has 3 nitrogen and oxygen atoms in total. The zero-order valence-corrected chi connectivity index (χ0v) is 12.9. The molecule has 0 aliphatic carbocycles. The Morgan fingerprint density at radius 1 is 0.783 bits per heavy atom. The molecule has 4 rings (SSSR count). The molecule has 4 aromatic rings. The van der Waals surface area contributed by atoms with E-state index < -0.39 is 0 Å². The third kappa shape index (κ3) is 2.36. The number of imidazole rings is 1. The Bertz CT molecular complexity index is 928. The highest BCUT2D eigenvalue weighted by Gasteiger charge is 2.08. The van der Waals surface area contributed by atoms with Crippen LogP contribution < -0.4 is 5.73 Å². The maximum absolute atomic E-state index is 6.03. The molecule has 23 heavy (non-hydrogen) atoms. The third-order valence-electron chi connectivity index (χ3n) is 4.14. The molecule has 2 N–H and O–H groups in total. The van der Waals surface area contributed by atoms with E-state index in [-0.39, 0.29) is 0 Å². The first-order valence-corrected chi connectivity index (χ1v) is 7.62. The summed E-state index contributed by atoms with van der Waals surface area (Å²) in [5.74, 6) is 0. The van der Waals surface area contributed by atoms with Crippen molar-refractivity contribution in [2.75, 3.05) is 5.73 Å². The molecule has 0 saturated heterocycles. The van der Waals surface area contributed by atoms with E-state index in [0.717, 1.165) is 22.6 Å². The van der Waals surface area contributed by atoms with Crippen LogP contribution in [0.2, 0.25) is 0 Å². The van der Waals surface area contributed by atoms with Gasteiger partial charge >= 0.3 is 0 Å². The van der Waals surface area contributed by atoms with Crippen LogP contribution in [0.3, 0.4) is 0 Å². The predicted molar refractivity (Wildman–Crippen MR) is 95.2 cm³/mol. The van der Waals surface area contributed by atoms with Gasteiger partial charge in [-0.3, -0.25) is 0 Å². The van der Waals surface area contributed by atoms with Gasteiger partial charge in [0.15, 0.2) is 5.65 Å². The smallest absolute Gasteiger partial charge is 0.160 e. The summed E-state index contributed by atoms with van der Waals surface area (Å²) in [4.78, 5) is 4.68. The van der Waals surface area contributed by atoms with E-state index in [4.69, 9.17) is 5.73 Å². The van der Waals surface area contributed by atoms with Gasteiger partial charge < -0.3 is 10.1 Å². The zero-order chi connectivity index (χ0) is 15.8. The molecule has 112 valence electrons. The van der Waals surface area contributed by atoms with Crippen LogP contribution in [0, 0.1) is 6.92 Å². The van der Waals surface area contributed by atoms with Crippen molar-refractivity contribution in [1.29, 1.82) is 0 Å². The summed E-state index contributed by atoms with van der Waals surface area (Å²) in [6.07, 6.45) is 2.04. The summed E-state index contributed by atoms with van der Waals surface area (Å²) in [6.45, 7) is 2.05. The van der Waals surface area contributed by atoms with Gasteiger partial charge in [-0.05, 0) is 30.2 Å². The minimum absolute atomic E-state index is 0.697. The van der Waals surface area contributed by atoms with E-state index in [9.17, 15) is 0 Å². The van der Waals surface area contributed by atoms with E-state index >= 15 is 0 Å². The molecule has 0 spiro atoms. The Morgan fingerprint density at radius 3 is 2.13 bits per heavy atom. The Labute approximate surface area is 135 Å². The van der Waals surface area contributed by atoms with E-state index in [2.05, 4.69) is 60.4 Å². The summed E-state index contributed by atoms with van der Waals surface area (Å²) in [6, 6.07) is 22.7. The first-order chi connectivity index (χ1) is 11.2. The van der Waals surface area contributed by atoms with Gasteiger partial charge in [0.05, 0.1) is 11.4 Å². The van der Waals surface area contributed by atoms with Crippen molar-refractivity contribution in [3.63, 3.8) is 0 Å². The lowest BCUT2D eigenvalue weighted by atomic mass is 10.0. The van der Waals surface area contributed by atoms with Crippen LogP contribution in [-0.4, -0.2) is 9.38 Å². The number of hydrogen-bond donors (Lipinski definition) is 1. The number of pyridine rings is 1. The second-order valence-electron chi connectivity index (χ2n) is 5.69. The van der Waals surface area contributed by atoms with Gasteiger partial charge in [0, 0.05) is 17.5 Å². The molecule has 2 aromatic carbocycles. The molecule has 0 aliphatic rings. The van der Waals surface area contributed by atoms with Crippen LogP contribution in [0.1, 0.15) is 5.69 Å². The number of aryl methyl sites for hydroxylation is 1. The first kappa shape index (κ1) is 13.6. The van der Waals surface area contributed by atoms with Crippen molar-refractivity contribution in [2.24, 2.45) is 0 Å². The molecule has 0 unspecified atom stereocenters. The molecule has 0 amide bonds. The topological polar surface area (TPSA) is 43.3 Å². The van der Waals surface area contributed by atoms with E-state index in [0.29, 0.717) is 5.69 Å². The van der Waals surface area contributed by atoms with Crippen LogP contribution in [-0.2, 0) is 0 Å². The van der Waals surface area contributed by atoms with Crippen molar-refractivity contribution < 1.29 is 0 Å². The van der Waals surface area contributed by atoms with Crippen molar-refractivity contribution in [3.05, 3.63) is 78.6 Å². The minimum atomic E-state index is 0.697. The van der Waals surface area contributed by atoms with Crippen molar-refractivity contribution in [1.82, 2.24) is 9.38 Å². The molecular formula is C20H17N3. The lowest BCUT2D eigenvalue weighted by molar-refractivity contribution is 1.10. The fraction of sp³-hybridized carbons (Fsp3) is 0.0500. The highest BCUT2D eigenvalue weighted by atomic mass is 15.0. The van der Waals surface area contributed by atoms with Gasteiger partial charge in [0.1, 0.15) is 0 Å². The molecule has 0 bridgehead atoms. The molecule has 2 heterocycles. The average molecular weight is 299 g/mol. The van der Waals surface area contributed by atoms with Gasteiger partial charge in [-0.15, -0.1) is 0 Å². The van der Waals surface area contributed by atoms with Gasteiger partial charge in [-0.25, -0.2) is 4.98 Å². The molecule has 0 radical (unpaired) electrons. The highest BCUT2D eigenvalue weighted by molar-refractivity contribution is 5.73. The Hall–Kier alpha value is -3.07. The normalized spacial score (nSPS) is 11.0. The maximum Gasteiger partial charge on any atom is 0.160 e. The second-order valence-corrected chi connectivity index (χ2v) is 5.69. The van der Waals surface area contributed by atoms with Gasteiger partial charge in [0.25, 0.3) is 0 Å². The molecule has 0 saturated carbocycles. The molecular weight excluding hydrogens is 282 g/mol. The molecule has 3 heteroatoms. The van der Waals surface area contributed by atoms with Crippen LogP contribution >= 0.6 is 0 Å². The second kappa shape index (κ2) is 5.29. The number of fused-ring (bicyclic) bond motifs is 1. The number of nitrogens with zero attached hydrogens (tertiary/aromatic N) is 2. The lowest BCUT2D eigenvalue weighted by Crippen LogP contribution is -1.94. The molecule has 2 aromatic heterocycles. The van der Waals surface area contributed by atoms with Crippen LogP contribution in [0.25, 0.3) is 28.0 Å². The van der Waals surface area contributed by atoms with E-state index in [1.54, 1.807) is 0 Å². The molecule has 0 aliphatic heterocycles. The fourth-order valence-corrected chi connectivity index (χ4v) is 2.82. The largest absolute Gasteiger partial charge is 0.396 e. The molecule has 0 atom stereocenters. The molecule has 0 fully saturated rings. The number of aromatic nitrogens is 2. The number of nitrogens with two attached hydrogens (primary N) is 1. The predicted octanol–water partition coefficient (Wildman–Crippen LogP) is 4.56. The van der Waals surface area contributed by atoms with Crippen molar-refractivity contribution in [2.45, 2.75) is 6.92 Å². The maximum atomic E-state index is 6.03. The van der Waals surface area contributed by atoms with Crippen LogP contribution in [0.5, 0.6) is 0 Å². The standard InChI is InChI=1S/C20H17N3/c1-14-7-12-18(21)20-22-19(13-23(14)20)17-10-8-16(9-11-17)15-5-3-2-4-6-15/h2-13H,21H2,1H3. The number of anilines is 1. The van der Waals surface area contributed by atoms with Gasteiger partial charge in [-0.2, -0.15) is 0 Å². The summed E-state index contributed by atoms with van der Waals surface area (Å²) in [7, 11) is 0. The number of hydrogen-bond acceptors (Lipinski definition) is 2. The summed E-state index contributed by atoms with van der Waals surface area (Å²) >= 11 is 0. The zero-order valence-electron chi connectivity index (χ0n) is 12.9. The summed E-state index contributed by atoms with van der Waals surface area (Å²) in [5, 5.41) is 0. The number of nitrogen functional groups attached to an aromatic ring is 1. The summed E-state index contributed by atoms with van der Waals surface area (Å²) < 4.78 is 2.04. The summed E-state index contributed by atoms with van der Waals surface area (Å²) in [5.41, 5.74) is 13.1. The Balaban J connectivity index is 1.77. The van der Waals surface area contributed by atoms with Gasteiger partial charge in [-0.1, -0.05) is 54.6 Å². The monoisotopic (exact) mass is 299 g/mol. The fourth-order valence-electron chi connectivity index (χ4n) is 2.82. The quantitative estimate of drug-likeness (QED) is 0.589. The van der Waals surface area contributed by atoms with Crippen molar-refractivity contribution >= 4 is 11.3 Å². The van der Waals surface area contributed by atoms with Crippen molar-refractivity contribution in [3.8, 4) is 22.4 Å². The Morgan fingerprint density at radius 2 is 1.43 bits per heavy atom. The van der Waals surface area contributed by atoms with Gasteiger partial charge in [0.2, 0.25) is 0 Å². The number of benzene rings is 2. The first-order valence-electron chi connectivity index (χ1n) is 7.62. The third-order valence-corrected chi connectivity index (χ3v) is 4.14. The average Bonchev–Trinajstić information content (AvgIpc) is 3.06. The van der Waals surface area contributed by atoms with Crippen LogP contribution in [0.4, 0.5) is 5.69 Å².